The van der Waals surface area contributed by atoms with Crippen molar-refractivity contribution >= 4 is 25.5 Å². The van der Waals surface area contributed by atoms with Gasteiger partial charge in [-0.2, -0.15) is 0 Å². The molecule has 158 valence electrons. The molecule has 3 aromatic rings. The number of halogens is 2. The molecule has 9 heteroatoms. The Morgan fingerprint density at radius 2 is 1.17 bits per heavy atom. The van der Waals surface area contributed by atoms with Gasteiger partial charge in [0, 0.05) is 6.54 Å². The maximum absolute atomic E-state index is 13.2. The zero-order valence-corrected chi connectivity index (χ0v) is 17.4. The SMILES string of the molecule is O=S(=O)(CCCN(c1ccccc1)S(=O)(=O)c1ccc(F)cc1)c1ccc(F)cc1. The highest BCUT2D eigenvalue weighted by molar-refractivity contribution is 7.93. The highest BCUT2D eigenvalue weighted by Crippen LogP contribution is 2.24. The van der Waals surface area contributed by atoms with E-state index in [0.717, 1.165) is 40.7 Å². The van der Waals surface area contributed by atoms with Gasteiger partial charge in [0.05, 0.1) is 21.2 Å². The third-order valence-corrected chi connectivity index (χ3v) is 8.05. The summed E-state index contributed by atoms with van der Waals surface area (Å²) in [6, 6.07) is 17.1. The van der Waals surface area contributed by atoms with Crippen molar-refractivity contribution in [1.82, 2.24) is 0 Å². The van der Waals surface area contributed by atoms with Crippen molar-refractivity contribution in [3.63, 3.8) is 0 Å². The number of hydrogen-bond acceptors (Lipinski definition) is 4. The molecule has 0 amide bonds. The van der Waals surface area contributed by atoms with Crippen LogP contribution in [-0.2, 0) is 19.9 Å². The average molecular weight is 452 g/mol. The minimum absolute atomic E-state index is 0.00896. The molecule has 3 rings (SSSR count). The predicted octanol–water partition coefficient (Wildman–Crippen LogP) is 4.02. The van der Waals surface area contributed by atoms with Crippen LogP contribution in [-0.4, -0.2) is 29.1 Å². The Balaban J connectivity index is 1.84. The topological polar surface area (TPSA) is 71.5 Å². The lowest BCUT2D eigenvalue weighted by atomic mass is 10.3. The van der Waals surface area contributed by atoms with E-state index in [1.165, 1.54) is 12.1 Å². The van der Waals surface area contributed by atoms with E-state index < -0.39 is 31.5 Å². The molecule has 0 saturated carbocycles. The quantitative estimate of drug-likeness (QED) is 0.485. The van der Waals surface area contributed by atoms with Crippen molar-refractivity contribution in [1.29, 1.82) is 0 Å². The van der Waals surface area contributed by atoms with Crippen LogP contribution in [0.1, 0.15) is 6.42 Å². The van der Waals surface area contributed by atoms with E-state index in [4.69, 9.17) is 0 Å². The molecule has 30 heavy (non-hydrogen) atoms. The molecule has 3 aromatic carbocycles. The maximum Gasteiger partial charge on any atom is 0.264 e. The summed E-state index contributed by atoms with van der Waals surface area (Å²) in [5.74, 6) is -1.43. The first-order valence-corrected chi connectivity index (χ1v) is 12.1. The van der Waals surface area contributed by atoms with E-state index >= 15 is 0 Å². The second-order valence-electron chi connectivity index (χ2n) is 6.49. The number of para-hydroxylation sites is 1. The summed E-state index contributed by atoms with van der Waals surface area (Å²) in [4.78, 5) is -0.134. The van der Waals surface area contributed by atoms with Crippen molar-refractivity contribution < 1.29 is 25.6 Å². The van der Waals surface area contributed by atoms with Crippen LogP contribution >= 0.6 is 0 Å². The molecule has 0 aliphatic carbocycles. The van der Waals surface area contributed by atoms with Crippen LogP contribution in [0.3, 0.4) is 0 Å². The summed E-state index contributed by atoms with van der Waals surface area (Å²) in [5.41, 5.74) is 0.362. The zero-order valence-electron chi connectivity index (χ0n) is 15.8. The van der Waals surface area contributed by atoms with E-state index in [1.807, 2.05) is 0 Å². The molecule has 0 radical (unpaired) electrons. The summed E-state index contributed by atoms with van der Waals surface area (Å²) < 4.78 is 78.6. The molecule has 0 spiro atoms. The molecule has 0 aliphatic heterocycles. The largest absolute Gasteiger partial charge is 0.266 e. The molecule has 0 saturated heterocycles. The van der Waals surface area contributed by atoms with Crippen LogP contribution in [0.15, 0.2) is 88.7 Å². The summed E-state index contributed by atoms with van der Waals surface area (Å²) in [6.45, 7) is -0.107. The number of benzene rings is 3. The van der Waals surface area contributed by atoms with Gasteiger partial charge in [-0.1, -0.05) is 18.2 Å². The highest BCUT2D eigenvalue weighted by atomic mass is 32.2. The van der Waals surface area contributed by atoms with Crippen LogP contribution < -0.4 is 4.31 Å². The number of rotatable bonds is 8. The molecule has 0 atom stereocenters. The minimum Gasteiger partial charge on any atom is -0.266 e. The van der Waals surface area contributed by atoms with Crippen molar-refractivity contribution in [2.24, 2.45) is 0 Å². The summed E-state index contributed by atoms with van der Waals surface area (Å²) in [5, 5.41) is 0. The van der Waals surface area contributed by atoms with E-state index in [0.29, 0.717) is 5.69 Å². The van der Waals surface area contributed by atoms with Crippen molar-refractivity contribution in [2.45, 2.75) is 16.2 Å². The third-order valence-electron chi connectivity index (χ3n) is 4.39. The van der Waals surface area contributed by atoms with Crippen LogP contribution in [0, 0.1) is 11.6 Å². The van der Waals surface area contributed by atoms with Gasteiger partial charge in [-0.3, -0.25) is 4.31 Å². The molecule has 0 aromatic heterocycles. The molecule has 0 bridgehead atoms. The standard InChI is InChI=1S/C21H19F2NO4S2/c22-17-7-11-20(12-8-17)29(25,26)16-4-15-24(19-5-2-1-3-6-19)30(27,28)21-13-9-18(23)10-14-21/h1-3,5-14H,4,15-16H2. The van der Waals surface area contributed by atoms with Crippen LogP contribution in [0.25, 0.3) is 0 Å². The van der Waals surface area contributed by atoms with Gasteiger partial charge in [0.1, 0.15) is 11.6 Å². The van der Waals surface area contributed by atoms with Gasteiger partial charge in [0.25, 0.3) is 10.0 Å². The van der Waals surface area contributed by atoms with Crippen molar-refractivity contribution in [3.05, 3.63) is 90.5 Å². The average Bonchev–Trinajstić information content (AvgIpc) is 2.72. The van der Waals surface area contributed by atoms with Gasteiger partial charge < -0.3 is 0 Å². The summed E-state index contributed by atoms with van der Waals surface area (Å²) in [7, 11) is -7.74. The van der Waals surface area contributed by atoms with Gasteiger partial charge in [0.15, 0.2) is 9.84 Å². The van der Waals surface area contributed by atoms with Crippen LogP contribution in [0.2, 0.25) is 0 Å². The number of hydrogen-bond donors (Lipinski definition) is 0. The molecule has 0 heterocycles. The number of sulfonamides is 1. The lowest BCUT2D eigenvalue weighted by Crippen LogP contribution is -2.33. The highest BCUT2D eigenvalue weighted by Gasteiger charge is 2.25. The summed E-state index contributed by atoms with van der Waals surface area (Å²) >= 11 is 0. The second-order valence-corrected chi connectivity index (χ2v) is 10.5. The molecular weight excluding hydrogens is 432 g/mol. The Morgan fingerprint density at radius 3 is 1.70 bits per heavy atom. The van der Waals surface area contributed by atoms with Crippen LogP contribution in [0.5, 0.6) is 0 Å². The van der Waals surface area contributed by atoms with E-state index in [1.54, 1.807) is 30.3 Å². The monoisotopic (exact) mass is 451 g/mol. The van der Waals surface area contributed by atoms with Gasteiger partial charge >= 0.3 is 0 Å². The zero-order chi connectivity index (χ0) is 21.8. The van der Waals surface area contributed by atoms with Gasteiger partial charge in [0.2, 0.25) is 0 Å². The van der Waals surface area contributed by atoms with Crippen molar-refractivity contribution in [3.8, 4) is 0 Å². The Hall–Kier alpha value is -2.78. The summed E-state index contributed by atoms with van der Waals surface area (Å²) in [6.07, 6.45) is 0.00896. The molecule has 0 aliphatic rings. The van der Waals surface area contributed by atoms with Crippen LogP contribution in [0.4, 0.5) is 14.5 Å². The number of nitrogens with zero attached hydrogens (tertiary/aromatic N) is 1. The number of anilines is 1. The Bertz CT molecular complexity index is 1200. The fourth-order valence-electron chi connectivity index (χ4n) is 2.87. The Morgan fingerprint density at radius 1 is 0.667 bits per heavy atom. The van der Waals surface area contributed by atoms with Gasteiger partial charge in [-0.25, -0.2) is 25.6 Å². The number of sulfone groups is 1. The molecular formula is C21H19F2NO4S2. The smallest absolute Gasteiger partial charge is 0.264 e. The molecule has 0 fully saturated rings. The molecule has 5 nitrogen and oxygen atoms in total. The first kappa shape index (κ1) is 21.9. The first-order valence-electron chi connectivity index (χ1n) is 9.02. The molecule has 0 N–H and O–H groups in total. The normalized spacial score (nSPS) is 11.9. The van der Waals surface area contributed by atoms with Crippen molar-refractivity contribution in [2.75, 3.05) is 16.6 Å². The predicted molar refractivity (Wildman–Crippen MR) is 110 cm³/mol. The fraction of sp³-hybridized carbons (Fsp3) is 0.143. The fourth-order valence-corrected chi connectivity index (χ4v) is 5.67. The van der Waals surface area contributed by atoms with Gasteiger partial charge in [-0.05, 0) is 67.1 Å². The molecule has 0 unspecified atom stereocenters. The van der Waals surface area contributed by atoms with E-state index in [9.17, 15) is 25.6 Å². The van der Waals surface area contributed by atoms with E-state index in [-0.39, 0.29) is 28.5 Å². The Kier molecular flexibility index (Phi) is 6.52. The van der Waals surface area contributed by atoms with Gasteiger partial charge in [-0.15, -0.1) is 0 Å². The first-order chi connectivity index (χ1) is 14.2. The lowest BCUT2D eigenvalue weighted by Gasteiger charge is -2.24. The lowest BCUT2D eigenvalue weighted by molar-refractivity contribution is 0.583. The third kappa shape index (κ3) is 5.03. The maximum atomic E-state index is 13.2. The second kappa shape index (κ2) is 8.93. The van der Waals surface area contributed by atoms with E-state index in [2.05, 4.69) is 0 Å². The minimum atomic E-state index is -4.04. The Labute approximate surface area is 174 Å².